The summed E-state index contributed by atoms with van der Waals surface area (Å²) in [5, 5.41) is 43.6. The van der Waals surface area contributed by atoms with Gasteiger partial charge in [0.05, 0.1) is 12.7 Å². The Morgan fingerprint density at radius 1 is 0.541 bits per heavy atom. The second-order valence-corrected chi connectivity index (χ2v) is 11.6. The molecule has 0 aliphatic carbocycles. The van der Waals surface area contributed by atoms with Gasteiger partial charge in [0, 0.05) is 6.61 Å². The van der Waals surface area contributed by atoms with Crippen molar-refractivity contribution in [3.63, 3.8) is 0 Å². The van der Waals surface area contributed by atoms with Crippen LogP contribution in [0.5, 0.6) is 0 Å². The van der Waals surface area contributed by atoms with E-state index >= 15 is 0 Å². The molecule has 0 aliphatic heterocycles. The van der Waals surface area contributed by atoms with Crippen LogP contribution in [0.1, 0.15) is 168 Å². The number of rotatable bonds is 29. The van der Waals surface area contributed by atoms with Crippen molar-refractivity contribution in [2.45, 2.75) is 192 Å². The lowest BCUT2D eigenvalue weighted by molar-refractivity contribution is -0.179. The smallest absolute Gasteiger partial charge is 0.116 e. The summed E-state index contributed by atoms with van der Waals surface area (Å²) in [6.07, 6.45) is 21.1. The Labute approximate surface area is 230 Å². The minimum Gasteiger partial charge on any atom is -0.390 e. The highest BCUT2D eigenvalue weighted by Gasteiger charge is 2.42. The summed E-state index contributed by atoms with van der Waals surface area (Å²) >= 11 is 0. The second kappa shape index (κ2) is 26.0. The fourth-order valence-corrected chi connectivity index (χ4v) is 5.11. The van der Waals surface area contributed by atoms with Crippen molar-refractivity contribution in [1.82, 2.24) is 0 Å². The molecule has 4 atom stereocenters. The Morgan fingerprint density at radius 2 is 0.946 bits per heavy atom. The molecule has 0 amide bonds. The maximum Gasteiger partial charge on any atom is 0.116 e. The molecule has 0 saturated carbocycles. The highest BCUT2D eigenvalue weighted by Crippen LogP contribution is 2.26. The van der Waals surface area contributed by atoms with Crippen molar-refractivity contribution in [2.24, 2.45) is 0 Å². The zero-order valence-corrected chi connectivity index (χ0v) is 25.1. The molecule has 0 aromatic heterocycles. The third kappa shape index (κ3) is 20.4. The molecule has 224 valence electrons. The summed E-state index contributed by atoms with van der Waals surface area (Å²) < 4.78 is 5.83. The van der Waals surface area contributed by atoms with Gasteiger partial charge in [-0.15, -0.1) is 0 Å². The zero-order chi connectivity index (χ0) is 27.6. The summed E-state index contributed by atoms with van der Waals surface area (Å²) in [5.74, 6) is 0. The summed E-state index contributed by atoms with van der Waals surface area (Å²) in [4.78, 5) is 0. The van der Waals surface area contributed by atoms with E-state index in [4.69, 9.17) is 4.74 Å². The Kier molecular flexibility index (Phi) is 25.9. The van der Waals surface area contributed by atoms with Gasteiger partial charge in [-0.1, -0.05) is 149 Å². The van der Waals surface area contributed by atoms with Crippen LogP contribution in [0.4, 0.5) is 0 Å². The van der Waals surface area contributed by atoms with Gasteiger partial charge >= 0.3 is 0 Å². The summed E-state index contributed by atoms with van der Waals surface area (Å²) in [6, 6.07) is 0. The third-order valence-electron chi connectivity index (χ3n) is 7.83. The van der Waals surface area contributed by atoms with E-state index in [-0.39, 0.29) is 6.61 Å². The molecular weight excluding hydrogens is 464 g/mol. The van der Waals surface area contributed by atoms with Crippen LogP contribution in [0.2, 0.25) is 0 Å². The molecule has 0 aromatic carbocycles. The van der Waals surface area contributed by atoms with Crippen molar-refractivity contribution in [2.75, 3.05) is 13.2 Å². The Hall–Kier alpha value is -0.200. The van der Waals surface area contributed by atoms with Gasteiger partial charge in [0.15, 0.2) is 0 Å². The van der Waals surface area contributed by atoms with Crippen LogP contribution in [-0.4, -0.2) is 57.6 Å². The lowest BCUT2D eigenvalue weighted by Gasteiger charge is -2.37. The van der Waals surface area contributed by atoms with E-state index in [2.05, 4.69) is 20.8 Å². The first-order chi connectivity index (χ1) is 17.9. The molecule has 0 rings (SSSR count). The molecule has 5 nitrogen and oxygen atoms in total. The van der Waals surface area contributed by atoms with Gasteiger partial charge in [-0.3, -0.25) is 0 Å². The van der Waals surface area contributed by atoms with E-state index < -0.39 is 23.9 Å². The highest BCUT2D eigenvalue weighted by molar-refractivity contribution is 4.93. The van der Waals surface area contributed by atoms with Gasteiger partial charge in [0.1, 0.15) is 17.8 Å². The van der Waals surface area contributed by atoms with Crippen LogP contribution in [0.15, 0.2) is 0 Å². The number of unbranched alkanes of at least 4 members (excludes halogenated alkanes) is 18. The average molecular weight is 531 g/mol. The van der Waals surface area contributed by atoms with E-state index in [9.17, 15) is 20.4 Å². The molecule has 5 heteroatoms. The van der Waals surface area contributed by atoms with Crippen LogP contribution < -0.4 is 0 Å². The number of hydrogen-bond donors (Lipinski definition) is 4. The number of ether oxygens (including phenoxy) is 1. The lowest BCUT2D eigenvalue weighted by atomic mass is 9.85. The number of hydrogen-bond acceptors (Lipinski definition) is 5. The first-order valence-electron chi connectivity index (χ1n) is 16.3. The van der Waals surface area contributed by atoms with E-state index in [0.29, 0.717) is 19.4 Å². The molecular formula is C32H66O5. The Morgan fingerprint density at radius 3 is 1.43 bits per heavy atom. The van der Waals surface area contributed by atoms with Crippen molar-refractivity contribution in [3.8, 4) is 0 Å². The van der Waals surface area contributed by atoms with Gasteiger partial charge in [-0.05, 0) is 19.3 Å². The minimum atomic E-state index is -1.54. The molecule has 0 fully saturated rings. The molecule has 1 unspecified atom stereocenters. The Balaban J connectivity index is 4.58. The predicted octanol–water partition coefficient (Wildman–Crippen LogP) is 7.85. The van der Waals surface area contributed by atoms with Crippen molar-refractivity contribution in [1.29, 1.82) is 0 Å². The molecule has 37 heavy (non-hydrogen) atoms. The quantitative estimate of drug-likeness (QED) is 0.0739. The van der Waals surface area contributed by atoms with E-state index in [1.807, 2.05) is 0 Å². The minimum absolute atomic E-state index is 0.00104. The molecule has 0 heterocycles. The van der Waals surface area contributed by atoms with Crippen molar-refractivity contribution >= 4 is 0 Å². The van der Waals surface area contributed by atoms with Crippen LogP contribution in [-0.2, 0) is 4.74 Å². The van der Waals surface area contributed by atoms with Gasteiger partial charge in [0.2, 0.25) is 0 Å². The predicted molar refractivity (Wildman–Crippen MR) is 157 cm³/mol. The van der Waals surface area contributed by atoms with E-state index in [1.54, 1.807) is 0 Å². The second-order valence-electron chi connectivity index (χ2n) is 11.6. The largest absolute Gasteiger partial charge is 0.390 e. The van der Waals surface area contributed by atoms with Crippen LogP contribution >= 0.6 is 0 Å². The Bertz CT molecular complexity index is 460. The fraction of sp³-hybridized carbons (Fsp3) is 1.00. The first kappa shape index (κ1) is 36.8. The summed E-state index contributed by atoms with van der Waals surface area (Å²) in [7, 11) is 0. The molecule has 0 aromatic rings. The SMILES string of the molecule is CCCCCCCCCOC[C@](O)(CCCCCCCCC)[C@H](O)[C@@H](O)C(O)CCCCCCCCC. The zero-order valence-electron chi connectivity index (χ0n) is 25.1. The summed E-state index contributed by atoms with van der Waals surface area (Å²) in [6.45, 7) is 7.19. The fourth-order valence-electron chi connectivity index (χ4n) is 5.11. The van der Waals surface area contributed by atoms with Crippen molar-refractivity contribution in [3.05, 3.63) is 0 Å². The highest BCUT2D eigenvalue weighted by atomic mass is 16.5. The van der Waals surface area contributed by atoms with Gasteiger partial charge < -0.3 is 25.2 Å². The van der Waals surface area contributed by atoms with Crippen molar-refractivity contribution < 1.29 is 25.2 Å². The molecule has 0 radical (unpaired) electrons. The molecule has 0 saturated heterocycles. The van der Waals surface area contributed by atoms with E-state index in [0.717, 1.165) is 51.4 Å². The number of aliphatic hydroxyl groups is 4. The number of aliphatic hydroxyl groups excluding tert-OH is 3. The average Bonchev–Trinajstić information content (AvgIpc) is 2.90. The maximum atomic E-state index is 11.4. The normalized spacial score (nSPS) is 16.0. The standard InChI is InChI=1S/C32H66O5/c1-4-7-10-13-16-19-22-25-29(33)30(34)31(35)32(36,26-23-20-17-14-11-8-5-2)28-37-27-24-21-18-15-12-9-6-3/h29-31,33-36H,4-28H2,1-3H3/t29?,30-,31+,32+/m0/s1. The topological polar surface area (TPSA) is 90.2 Å². The monoisotopic (exact) mass is 530 g/mol. The molecule has 0 aliphatic rings. The van der Waals surface area contributed by atoms with Crippen LogP contribution in [0, 0.1) is 0 Å². The van der Waals surface area contributed by atoms with E-state index in [1.165, 1.54) is 83.5 Å². The lowest BCUT2D eigenvalue weighted by Crippen LogP contribution is -2.55. The molecule has 4 N–H and O–H groups in total. The first-order valence-corrected chi connectivity index (χ1v) is 16.3. The maximum absolute atomic E-state index is 11.4. The van der Waals surface area contributed by atoms with Gasteiger partial charge in [-0.25, -0.2) is 0 Å². The molecule has 0 bridgehead atoms. The molecule has 0 spiro atoms. The van der Waals surface area contributed by atoms with Gasteiger partial charge in [0.25, 0.3) is 0 Å². The van der Waals surface area contributed by atoms with Crippen LogP contribution in [0.3, 0.4) is 0 Å². The summed E-state index contributed by atoms with van der Waals surface area (Å²) in [5.41, 5.74) is -1.54. The van der Waals surface area contributed by atoms with Crippen LogP contribution in [0.25, 0.3) is 0 Å². The third-order valence-corrected chi connectivity index (χ3v) is 7.83. The van der Waals surface area contributed by atoms with Gasteiger partial charge in [-0.2, -0.15) is 0 Å².